The zero-order valence-corrected chi connectivity index (χ0v) is 12.2. The summed E-state index contributed by atoms with van der Waals surface area (Å²) >= 11 is 1.21. The number of amides is 2. The number of benzene rings is 1. The number of halogens is 1. The first-order valence-electron chi connectivity index (χ1n) is 6.70. The van der Waals surface area contributed by atoms with Crippen molar-refractivity contribution in [2.45, 2.75) is 28.6 Å². The molecule has 2 aliphatic rings. The van der Waals surface area contributed by atoms with Gasteiger partial charge in [-0.1, -0.05) is 23.9 Å². The van der Waals surface area contributed by atoms with E-state index in [0.717, 1.165) is 4.90 Å². The van der Waals surface area contributed by atoms with Crippen LogP contribution in [0.2, 0.25) is 0 Å². The van der Waals surface area contributed by atoms with Crippen LogP contribution in [0.5, 0.6) is 0 Å². The van der Waals surface area contributed by atoms with Crippen LogP contribution in [-0.2, 0) is 14.4 Å². The van der Waals surface area contributed by atoms with Crippen molar-refractivity contribution >= 4 is 35.2 Å². The molecule has 0 aliphatic carbocycles. The Morgan fingerprint density at radius 1 is 1.45 bits per heavy atom. The molecule has 1 fully saturated rings. The fraction of sp³-hybridized carbons (Fsp3) is 0.357. The van der Waals surface area contributed by atoms with E-state index in [4.69, 9.17) is 5.11 Å². The summed E-state index contributed by atoms with van der Waals surface area (Å²) < 4.78 is 12.8. The molecule has 0 bridgehead atoms. The Kier molecular flexibility index (Phi) is 3.56. The average Bonchev–Trinajstić information content (AvgIpc) is 3.00. The maximum absolute atomic E-state index is 12.8. The predicted molar refractivity (Wildman–Crippen MR) is 77.3 cm³/mol. The Hall–Kier alpha value is -2.09. The van der Waals surface area contributed by atoms with Crippen molar-refractivity contribution < 1.29 is 23.9 Å². The van der Waals surface area contributed by atoms with Gasteiger partial charge in [-0.3, -0.25) is 14.5 Å². The number of para-hydroxylation sites is 1. The van der Waals surface area contributed by atoms with Gasteiger partial charge in [-0.25, -0.2) is 9.18 Å². The molecule has 6 nitrogen and oxygen atoms in total. The smallest absolute Gasteiger partial charge is 0.328 e. The van der Waals surface area contributed by atoms with E-state index >= 15 is 0 Å². The third-order valence-electron chi connectivity index (χ3n) is 3.79. The summed E-state index contributed by atoms with van der Waals surface area (Å²) in [7, 11) is 0. The van der Waals surface area contributed by atoms with Crippen molar-refractivity contribution in [3.05, 3.63) is 24.3 Å². The molecule has 0 spiro atoms. The highest BCUT2D eigenvalue weighted by Gasteiger charge is 2.57. The molecular formula is C14H13FN2O4S. The van der Waals surface area contributed by atoms with Crippen LogP contribution in [0.25, 0.3) is 0 Å². The number of carbonyl (C=O) groups excluding carboxylic acids is 2. The molecule has 2 atom stereocenters. The van der Waals surface area contributed by atoms with Crippen LogP contribution in [0.1, 0.15) is 12.8 Å². The minimum atomic E-state index is -1.61. The van der Waals surface area contributed by atoms with Crippen LogP contribution in [0.3, 0.4) is 0 Å². The van der Waals surface area contributed by atoms with Crippen LogP contribution in [0.15, 0.2) is 29.2 Å². The zero-order chi connectivity index (χ0) is 15.9. The van der Waals surface area contributed by atoms with E-state index in [-0.39, 0.29) is 18.7 Å². The number of thioether (sulfide) groups is 1. The molecule has 2 unspecified atom stereocenters. The first-order valence-corrected chi connectivity index (χ1v) is 7.52. The molecule has 22 heavy (non-hydrogen) atoms. The molecule has 2 amide bonds. The number of carboxylic acid groups (broad SMARTS) is 1. The van der Waals surface area contributed by atoms with Gasteiger partial charge in [0.15, 0.2) is 10.9 Å². The predicted octanol–water partition coefficient (Wildman–Crippen LogP) is 1.15. The Labute approximate surface area is 129 Å². The molecule has 1 aromatic carbocycles. The van der Waals surface area contributed by atoms with Gasteiger partial charge in [0.2, 0.25) is 5.91 Å². The van der Waals surface area contributed by atoms with Crippen LogP contribution in [0.4, 0.5) is 10.1 Å². The molecule has 1 aromatic rings. The number of rotatable bonds is 4. The minimum absolute atomic E-state index is 0.195. The largest absolute Gasteiger partial charge is 0.480 e. The van der Waals surface area contributed by atoms with E-state index in [2.05, 4.69) is 5.32 Å². The molecular weight excluding hydrogens is 311 g/mol. The van der Waals surface area contributed by atoms with Gasteiger partial charge in [-0.2, -0.15) is 0 Å². The van der Waals surface area contributed by atoms with Crippen molar-refractivity contribution in [1.82, 2.24) is 5.32 Å². The van der Waals surface area contributed by atoms with Crippen molar-refractivity contribution in [3.63, 3.8) is 0 Å². The molecule has 0 saturated carbocycles. The van der Waals surface area contributed by atoms with Crippen molar-refractivity contribution in [2.75, 3.05) is 11.6 Å². The fourth-order valence-electron chi connectivity index (χ4n) is 2.74. The normalized spacial score (nSPS) is 23.9. The second-order valence-electron chi connectivity index (χ2n) is 5.10. The number of carboxylic acids is 1. The Bertz CT molecular complexity index is 668. The summed E-state index contributed by atoms with van der Waals surface area (Å²) in [5.74, 6) is -2.28. The van der Waals surface area contributed by atoms with E-state index in [1.165, 1.54) is 16.7 Å². The molecule has 116 valence electrons. The lowest BCUT2D eigenvalue weighted by atomic mass is 10.1. The van der Waals surface area contributed by atoms with Crippen molar-refractivity contribution in [3.8, 4) is 0 Å². The standard InChI is InChI=1S/C14H13FN2O4S/c15-7-8(12(19)20)16-13(21)14-6-5-11(18)17(14)9-3-1-2-4-10(9)22-14/h1-4,8H,5-7H2,(H,16,21)(H,19,20). The summed E-state index contributed by atoms with van der Waals surface area (Å²) in [6.07, 6.45) is 0.456. The van der Waals surface area contributed by atoms with Gasteiger partial charge in [-0.05, 0) is 18.6 Å². The number of hydrogen-bond acceptors (Lipinski definition) is 4. The summed E-state index contributed by atoms with van der Waals surface area (Å²) in [4.78, 5) is 36.6. The van der Waals surface area contributed by atoms with Crippen molar-refractivity contribution in [1.29, 1.82) is 0 Å². The van der Waals surface area contributed by atoms with Crippen LogP contribution < -0.4 is 10.2 Å². The maximum Gasteiger partial charge on any atom is 0.328 e. The van der Waals surface area contributed by atoms with Crippen LogP contribution in [0, 0.1) is 0 Å². The summed E-state index contributed by atoms with van der Waals surface area (Å²) in [5.41, 5.74) is 0.636. The lowest BCUT2D eigenvalue weighted by Gasteiger charge is -2.30. The maximum atomic E-state index is 12.8. The third kappa shape index (κ3) is 2.06. The Morgan fingerprint density at radius 3 is 2.86 bits per heavy atom. The highest BCUT2D eigenvalue weighted by atomic mass is 32.2. The Balaban J connectivity index is 1.94. The SMILES string of the molecule is O=C(O)C(CF)NC(=O)C12CCC(=O)N1c1ccccc1S2. The van der Waals surface area contributed by atoms with Gasteiger partial charge in [-0.15, -0.1) is 0 Å². The third-order valence-corrected chi connectivity index (χ3v) is 5.26. The molecule has 1 saturated heterocycles. The highest BCUT2D eigenvalue weighted by molar-refractivity contribution is 8.02. The van der Waals surface area contributed by atoms with Gasteiger partial charge in [0, 0.05) is 11.3 Å². The lowest BCUT2D eigenvalue weighted by Crippen LogP contribution is -2.56. The zero-order valence-electron chi connectivity index (χ0n) is 11.4. The second-order valence-corrected chi connectivity index (χ2v) is 6.42. The van der Waals surface area contributed by atoms with Crippen LogP contribution >= 0.6 is 11.8 Å². The summed E-state index contributed by atoms with van der Waals surface area (Å²) in [6.45, 7) is -1.21. The molecule has 3 rings (SSSR count). The van der Waals surface area contributed by atoms with E-state index in [0.29, 0.717) is 5.69 Å². The van der Waals surface area contributed by atoms with E-state index < -0.39 is 29.5 Å². The molecule has 2 aliphatic heterocycles. The molecule has 0 radical (unpaired) electrons. The number of hydrogen-bond donors (Lipinski definition) is 2. The number of fused-ring (bicyclic) bond motifs is 3. The number of alkyl halides is 1. The Morgan fingerprint density at radius 2 is 2.18 bits per heavy atom. The first-order chi connectivity index (χ1) is 10.5. The van der Waals surface area contributed by atoms with Crippen molar-refractivity contribution in [2.24, 2.45) is 0 Å². The lowest BCUT2D eigenvalue weighted by molar-refractivity contribution is -0.142. The second kappa shape index (κ2) is 5.28. The topological polar surface area (TPSA) is 86.7 Å². The van der Waals surface area contributed by atoms with Gasteiger partial charge in [0.1, 0.15) is 6.67 Å². The number of carbonyl (C=O) groups is 3. The average molecular weight is 324 g/mol. The highest BCUT2D eigenvalue weighted by Crippen LogP contribution is 2.55. The fourth-order valence-corrected chi connectivity index (χ4v) is 4.16. The van der Waals surface area contributed by atoms with Gasteiger partial charge >= 0.3 is 5.97 Å². The molecule has 8 heteroatoms. The van der Waals surface area contributed by atoms with Crippen LogP contribution in [-0.4, -0.2) is 40.5 Å². The number of anilines is 1. The number of aliphatic carboxylic acids is 1. The molecule has 2 N–H and O–H groups in total. The van der Waals surface area contributed by atoms with Gasteiger partial charge in [0.05, 0.1) is 5.69 Å². The van der Waals surface area contributed by atoms with Gasteiger partial charge in [0.25, 0.3) is 5.91 Å². The number of nitrogens with zero attached hydrogens (tertiary/aromatic N) is 1. The molecule has 2 heterocycles. The van der Waals surface area contributed by atoms with Gasteiger partial charge < -0.3 is 10.4 Å². The minimum Gasteiger partial charge on any atom is -0.480 e. The quantitative estimate of drug-likeness (QED) is 0.868. The van der Waals surface area contributed by atoms with E-state index in [1.54, 1.807) is 24.3 Å². The molecule has 0 aromatic heterocycles. The number of nitrogens with one attached hydrogen (secondary N) is 1. The summed E-state index contributed by atoms with van der Waals surface area (Å²) in [5, 5.41) is 11.1. The first kappa shape index (κ1) is 14.8. The van der Waals surface area contributed by atoms with E-state index in [9.17, 15) is 18.8 Å². The van der Waals surface area contributed by atoms with E-state index in [1.807, 2.05) is 0 Å². The monoisotopic (exact) mass is 324 g/mol. The summed E-state index contributed by atoms with van der Waals surface area (Å²) in [6, 6.07) is 5.49.